The van der Waals surface area contributed by atoms with Crippen molar-refractivity contribution in [2.45, 2.75) is 83.3 Å². The third-order valence-electron chi connectivity index (χ3n) is 4.06. The number of hydrogen-bond acceptors (Lipinski definition) is 3. The van der Waals surface area contributed by atoms with Crippen LogP contribution in [0.3, 0.4) is 0 Å². The molecule has 4 nitrogen and oxygen atoms in total. The summed E-state index contributed by atoms with van der Waals surface area (Å²) < 4.78 is 32.2. The van der Waals surface area contributed by atoms with E-state index in [9.17, 15) is 13.0 Å². The van der Waals surface area contributed by atoms with Gasteiger partial charge in [-0.1, -0.05) is 65.2 Å². The Morgan fingerprint density at radius 3 is 1.95 bits per heavy atom. The third-order valence-corrected chi connectivity index (χ3v) is 5.45. The van der Waals surface area contributed by atoms with Crippen LogP contribution < -0.4 is 5.73 Å². The van der Waals surface area contributed by atoms with Gasteiger partial charge in [-0.05, 0) is 25.3 Å². The smallest absolute Gasteiger partial charge is 0.268 e. The summed E-state index contributed by atoms with van der Waals surface area (Å²) in [4.78, 5) is 0. The molecular weight excluding hydrogens is 274 g/mol. The average Bonchev–Trinajstić information content (AvgIpc) is 2.39. The van der Waals surface area contributed by atoms with E-state index in [4.69, 9.17) is 5.73 Å². The molecule has 122 valence electrons. The molecule has 0 rings (SSSR count). The Hall–Kier alpha value is -0.130. The SMILES string of the molecule is CCCCCCCCCC(CC)C(CCN)S(=O)(=O)O. The van der Waals surface area contributed by atoms with Crippen LogP contribution >= 0.6 is 0 Å². The van der Waals surface area contributed by atoms with Crippen LogP contribution in [0.5, 0.6) is 0 Å². The van der Waals surface area contributed by atoms with Crippen LogP contribution in [0.2, 0.25) is 0 Å². The molecule has 0 amide bonds. The Labute approximate surface area is 125 Å². The van der Waals surface area contributed by atoms with E-state index in [0.717, 1.165) is 25.7 Å². The molecule has 5 heteroatoms. The molecule has 0 bridgehead atoms. The van der Waals surface area contributed by atoms with Gasteiger partial charge in [0.25, 0.3) is 10.1 Å². The molecule has 0 radical (unpaired) electrons. The lowest BCUT2D eigenvalue weighted by atomic mass is 9.93. The van der Waals surface area contributed by atoms with Gasteiger partial charge in [0, 0.05) is 0 Å². The van der Waals surface area contributed by atoms with Gasteiger partial charge in [0.05, 0.1) is 5.25 Å². The van der Waals surface area contributed by atoms with E-state index in [1.807, 2.05) is 6.92 Å². The Bertz CT molecular complexity index is 317. The van der Waals surface area contributed by atoms with Crippen LogP contribution in [0, 0.1) is 5.92 Å². The number of rotatable bonds is 13. The van der Waals surface area contributed by atoms with Crippen LogP contribution in [-0.4, -0.2) is 24.8 Å². The second-order valence-corrected chi connectivity index (χ2v) is 7.34. The Morgan fingerprint density at radius 2 is 1.50 bits per heavy atom. The average molecular weight is 308 g/mol. The highest BCUT2D eigenvalue weighted by Gasteiger charge is 2.29. The monoisotopic (exact) mass is 307 g/mol. The van der Waals surface area contributed by atoms with E-state index < -0.39 is 15.4 Å². The van der Waals surface area contributed by atoms with Gasteiger partial charge in [0.2, 0.25) is 0 Å². The normalized spacial score (nSPS) is 15.2. The van der Waals surface area contributed by atoms with Crippen molar-refractivity contribution >= 4 is 10.1 Å². The first kappa shape index (κ1) is 19.9. The summed E-state index contributed by atoms with van der Waals surface area (Å²) in [6.07, 6.45) is 10.6. The zero-order valence-electron chi connectivity index (χ0n) is 13.2. The predicted molar refractivity (Wildman–Crippen MR) is 85.4 cm³/mol. The van der Waals surface area contributed by atoms with E-state index in [-0.39, 0.29) is 5.92 Å². The van der Waals surface area contributed by atoms with Crippen molar-refractivity contribution in [3.05, 3.63) is 0 Å². The zero-order chi connectivity index (χ0) is 15.4. The highest BCUT2D eigenvalue weighted by atomic mass is 32.2. The summed E-state index contributed by atoms with van der Waals surface area (Å²) >= 11 is 0. The first-order valence-electron chi connectivity index (χ1n) is 8.13. The maximum Gasteiger partial charge on any atom is 0.268 e. The molecule has 0 heterocycles. The topological polar surface area (TPSA) is 80.4 Å². The molecule has 0 saturated heterocycles. The lowest BCUT2D eigenvalue weighted by Gasteiger charge is -2.23. The fraction of sp³-hybridized carbons (Fsp3) is 1.00. The summed E-state index contributed by atoms with van der Waals surface area (Å²) in [7, 11) is -3.97. The van der Waals surface area contributed by atoms with Crippen molar-refractivity contribution in [1.29, 1.82) is 0 Å². The first-order valence-corrected chi connectivity index (χ1v) is 9.64. The highest BCUT2D eigenvalue weighted by Crippen LogP contribution is 2.25. The van der Waals surface area contributed by atoms with Crippen molar-refractivity contribution in [2.24, 2.45) is 11.7 Å². The van der Waals surface area contributed by atoms with Crippen molar-refractivity contribution in [1.82, 2.24) is 0 Å². The summed E-state index contributed by atoms with van der Waals surface area (Å²) in [6.45, 7) is 4.50. The largest absolute Gasteiger partial charge is 0.330 e. The summed E-state index contributed by atoms with van der Waals surface area (Å²) in [5, 5.41) is -0.683. The predicted octanol–water partition coefficient (Wildman–Crippen LogP) is 3.76. The van der Waals surface area contributed by atoms with E-state index in [1.165, 1.54) is 32.1 Å². The zero-order valence-corrected chi connectivity index (χ0v) is 14.0. The van der Waals surface area contributed by atoms with Gasteiger partial charge in [-0.2, -0.15) is 8.42 Å². The first-order chi connectivity index (χ1) is 9.47. The van der Waals surface area contributed by atoms with Crippen LogP contribution in [0.15, 0.2) is 0 Å². The van der Waals surface area contributed by atoms with Gasteiger partial charge in [0.15, 0.2) is 0 Å². The fourth-order valence-electron chi connectivity index (χ4n) is 2.81. The van der Waals surface area contributed by atoms with E-state index in [2.05, 4.69) is 6.92 Å². The fourth-order valence-corrected chi connectivity index (χ4v) is 4.06. The van der Waals surface area contributed by atoms with Crippen molar-refractivity contribution in [3.8, 4) is 0 Å². The maximum absolute atomic E-state index is 11.4. The quantitative estimate of drug-likeness (QED) is 0.401. The van der Waals surface area contributed by atoms with Gasteiger partial charge >= 0.3 is 0 Å². The lowest BCUT2D eigenvalue weighted by Crippen LogP contribution is -2.31. The van der Waals surface area contributed by atoms with Crippen LogP contribution in [0.1, 0.15) is 78.1 Å². The van der Waals surface area contributed by atoms with Gasteiger partial charge < -0.3 is 5.73 Å². The van der Waals surface area contributed by atoms with E-state index >= 15 is 0 Å². The number of nitrogens with two attached hydrogens (primary N) is 1. The number of unbranched alkanes of at least 4 members (excludes halogenated alkanes) is 6. The van der Waals surface area contributed by atoms with Crippen LogP contribution in [0.25, 0.3) is 0 Å². The van der Waals surface area contributed by atoms with Crippen molar-refractivity contribution in [3.63, 3.8) is 0 Å². The molecular formula is C15H33NO3S. The molecule has 0 aliphatic heterocycles. The maximum atomic E-state index is 11.4. The molecule has 0 fully saturated rings. The van der Waals surface area contributed by atoms with Crippen LogP contribution in [0.4, 0.5) is 0 Å². The molecule has 0 aliphatic carbocycles. The number of hydrogen-bond donors (Lipinski definition) is 2. The Kier molecular flexibility index (Phi) is 11.4. The second-order valence-electron chi connectivity index (χ2n) is 5.71. The third kappa shape index (κ3) is 8.93. The molecule has 0 saturated carbocycles. The molecule has 20 heavy (non-hydrogen) atoms. The molecule has 2 unspecified atom stereocenters. The summed E-state index contributed by atoms with van der Waals surface area (Å²) in [5.41, 5.74) is 5.47. The standard InChI is InChI=1S/C15H33NO3S/c1-3-5-6-7-8-9-10-11-14(4-2)15(12-13-16)20(17,18)19/h14-15H,3-13,16H2,1-2H3,(H,17,18,19). The van der Waals surface area contributed by atoms with Gasteiger partial charge in [-0.3, -0.25) is 4.55 Å². The molecule has 0 spiro atoms. The molecule has 0 aromatic rings. The van der Waals surface area contributed by atoms with Gasteiger partial charge in [-0.25, -0.2) is 0 Å². The molecule has 0 aromatic heterocycles. The Morgan fingerprint density at radius 1 is 0.950 bits per heavy atom. The minimum absolute atomic E-state index is 0.0317. The Balaban J connectivity index is 4.06. The van der Waals surface area contributed by atoms with Crippen LogP contribution in [-0.2, 0) is 10.1 Å². The minimum atomic E-state index is -3.97. The van der Waals surface area contributed by atoms with Gasteiger partial charge in [-0.15, -0.1) is 0 Å². The second kappa shape index (κ2) is 11.5. The highest BCUT2D eigenvalue weighted by molar-refractivity contribution is 7.86. The summed E-state index contributed by atoms with van der Waals surface area (Å²) in [5.74, 6) is 0.0317. The van der Waals surface area contributed by atoms with E-state index in [0.29, 0.717) is 13.0 Å². The summed E-state index contributed by atoms with van der Waals surface area (Å²) in [6, 6.07) is 0. The molecule has 0 aromatic carbocycles. The molecule has 3 N–H and O–H groups in total. The van der Waals surface area contributed by atoms with E-state index in [1.54, 1.807) is 0 Å². The molecule has 0 aliphatic rings. The minimum Gasteiger partial charge on any atom is -0.330 e. The lowest BCUT2D eigenvalue weighted by molar-refractivity contribution is 0.372. The van der Waals surface area contributed by atoms with Crippen molar-refractivity contribution < 1.29 is 13.0 Å². The molecule has 2 atom stereocenters. The van der Waals surface area contributed by atoms with Crippen molar-refractivity contribution in [2.75, 3.05) is 6.54 Å². The van der Waals surface area contributed by atoms with Gasteiger partial charge in [0.1, 0.15) is 0 Å².